The second-order valence-electron chi connectivity index (χ2n) is 8.29. The van der Waals surface area contributed by atoms with Gasteiger partial charge in [0.2, 0.25) is 0 Å². The highest BCUT2D eigenvalue weighted by Gasteiger charge is 2.15. The highest BCUT2D eigenvalue weighted by Crippen LogP contribution is 2.15. The van der Waals surface area contributed by atoms with E-state index in [0.717, 1.165) is 43.7 Å². The van der Waals surface area contributed by atoms with Crippen molar-refractivity contribution in [3.8, 4) is 11.4 Å². The first-order valence-corrected chi connectivity index (χ1v) is 11.1. The van der Waals surface area contributed by atoms with Gasteiger partial charge in [-0.3, -0.25) is 9.59 Å². The SMILES string of the molecule is COc1cccc(-n2c(=O)[nH]c3cc(C(=O)NCCCN4CCN(C)CC4)ccc3c2=O)c1. The van der Waals surface area contributed by atoms with Crippen LogP contribution in [-0.4, -0.2) is 78.7 Å². The summed E-state index contributed by atoms with van der Waals surface area (Å²) < 4.78 is 6.25. The molecule has 9 heteroatoms. The maximum Gasteiger partial charge on any atom is 0.333 e. The monoisotopic (exact) mass is 451 g/mol. The van der Waals surface area contributed by atoms with E-state index in [1.807, 2.05) is 0 Å². The number of carbonyl (C=O) groups is 1. The summed E-state index contributed by atoms with van der Waals surface area (Å²) in [7, 11) is 3.65. The number of carbonyl (C=O) groups excluding carboxylic acids is 1. The van der Waals surface area contributed by atoms with Gasteiger partial charge in [0.25, 0.3) is 11.5 Å². The second-order valence-corrected chi connectivity index (χ2v) is 8.29. The smallest absolute Gasteiger partial charge is 0.333 e. The Kier molecular flexibility index (Phi) is 6.90. The van der Waals surface area contributed by atoms with E-state index in [1.54, 1.807) is 42.5 Å². The molecule has 174 valence electrons. The number of ether oxygens (including phenoxy) is 1. The van der Waals surface area contributed by atoms with Crippen LogP contribution in [0, 0.1) is 0 Å². The summed E-state index contributed by atoms with van der Waals surface area (Å²) in [4.78, 5) is 45.7. The first kappa shape index (κ1) is 22.8. The van der Waals surface area contributed by atoms with Crippen molar-refractivity contribution in [3.63, 3.8) is 0 Å². The van der Waals surface area contributed by atoms with Crippen LogP contribution in [0.2, 0.25) is 0 Å². The maximum atomic E-state index is 13.0. The highest BCUT2D eigenvalue weighted by molar-refractivity contribution is 5.97. The lowest BCUT2D eigenvalue weighted by Gasteiger charge is -2.32. The Morgan fingerprint density at radius 1 is 1.09 bits per heavy atom. The van der Waals surface area contributed by atoms with Crippen LogP contribution in [0.5, 0.6) is 5.75 Å². The molecule has 0 aliphatic carbocycles. The summed E-state index contributed by atoms with van der Waals surface area (Å²) in [5.74, 6) is 0.312. The molecule has 0 bridgehead atoms. The van der Waals surface area contributed by atoms with Crippen molar-refractivity contribution < 1.29 is 9.53 Å². The second kappa shape index (κ2) is 10.0. The summed E-state index contributed by atoms with van der Waals surface area (Å²) >= 11 is 0. The van der Waals surface area contributed by atoms with Gasteiger partial charge in [-0.25, -0.2) is 9.36 Å². The quantitative estimate of drug-likeness (QED) is 0.521. The number of hydrogen-bond acceptors (Lipinski definition) is 6. The lowest BCUT2D eigenvalue weighted by molar-refractivity contribution is 0.0949. The van der Waals surface area contributed by atoms with Crippen molar-refractivity contribution in [2.75, 3.05) is 53.4 Å². The third-order valence-electron chi connectivity index (χ3n) is 6.00. The van der Waals surface area contributed by atoms with Gasteiger partial charge >= 0.3 is 5.69 Å². The molecule has 2 aromatic carbocycles. The molecule has 2 N–H and O–H groups in total. The highest BCUT2D eigenvalue weighted by atomic mass is 16.5. The van der Waals surface area contributed by atoms with Crippen molar-refractivity contribution in [2.24, 2.45) is 0 Å². The maximum absolute atomic E-state index is 13.0. The molecule has 3 aromatic rings. The van der Waals surface area contributed by atoms with Crippen molar-refractivity contribution in [1.29, 1.82) is 0 Å². The zero-order valence-electron chi connectivity index (χ0n) is 19.0. The van der Waals surface area contributed by atoms with E-state index >= 15 is 0 Å². The van der Waals surface area contributed by atoms with E-state index < -0.39 is 11.2 Å². The number of methoxy groups -OCH3 is 1. The topological polar surface area (TPSA) is 99.7 Å². The average Bonchev–Trinajstić information content (AvgIpc) is 2.82. The summed E-state index contributed by atoms with van der Waals surface area (Å²) in [6, 6.07) is 11.4. The van der Waals surface area contributed by atoms with Crippen LogP contribution in [0.25, 0.3) is 16.6 Å². The Morgan fingerprint density at radius 2 is 1.88 bits per heavy atom. The van der Waals surface area contributed by atoms with Crippen LogP contribution in [0.3, 0.4) is 0 Å². The van der Waals surface area contributed by atoms with Crippen LogP contribution in [-0.2, 0) is 0 Å². The Morgan fingerprint density at radius 3 is 2.64 bits per heavy atom. The Balaban J connectivity index is 1.46. The van der Waals surface area contributed by atoms with E-state index in [0.29, 0.717) is 34.4 Å². The molecule has 9 nitrogen and oxygen atoms in total. The molecule has 2 heterocycles. The first-order valence-electron chi connectivity index (χ1n) is 11.1. The number of hydrogen-bond donors (Lipinski definition) is 2. The fraction of sp³-hybridized carbons (Fsp3) is 0.375. The number of nitrogens with one attached hydrogen (secondary N) is 2. The third kappa shape index (κ3) is 5.15. The molecule has 0 spiro atoms. The first-order chi connectivity index (χ1) is 16.0. The molecule has 1 aliphatic rings. The molecular formula is C24H29N5O4. The summed E-state index contributed by atoms with van der Waals surface area (Å²) in [6.07, 6.45) is 0.866. The average molecular weight is 452 g/mol. The predicted molar refractivity (Wildman–Crippen MR) is 128 cm³/mol. The van der Waals surface area contributed by atoms with Gasteiger partial charge in [-0.1, -0.05) is 6.07 Å². The van der Waals surface area contributed by atoms with Gasteiger partial charge in [0.05, 0.1) is 23.7 Å². The Labute approximate surface area is 191 Å². The minimum atomic E-state index is -0.578. The van der Waals surface area contributed by atoms with E-state index in [2.05, 4.69) is 27.1 Å². The minimum absolute atomic E-state index is 0.229. The Hall–Kier alpha value is -3.43. The third-order valence-corrected chi connectivity index (χ3v) is 6.00. The summed E-state index contributed by atoms with van der Waals surface area (Å²) in [5, 5.41) is 3.25. The van der Waals surface area contributed by atoms with Crippen molar-refractivity contribution >= 4 is 16.8 Å². The standard InChI is InChI=1S/C24H29N5O4/c1-27-11-13-28(14-12-27)10-4-9-25-22(30)17-7-8-20-21(15-17)26-24(32)29(23(20)31)18-5-3-6-19(16-18)33-2/h3,5-8,15-16H,4,9-14H2,1-2H3,(H,25,30)(H,26,32). The zero-order valence-corrected chi connectivity index (χ0v) is 19.0. The molecule has 1 saturated heterocycles. The number of H-pyrrole nitrogens is 1. The molecule has 0 atom stereocenters. The largest absolute Gasteiger partial charge is 0.497 e. The van der Waals surface area contributed by atoms with Gasteiger partial charge in [0.15, 0.2) is 0 Å². The van der Waals surface area contributed by atoms with Gasteiger partial charge < -0.3 is 24.8 Å². The molecule has 4 rings (SSSR count). The molecule has 1 fully saturated rings. The molecule has 0 saturated carbocycles. The molecular weight excluding hydrogens is 422 g/mol. The number of fused-ring (bicyclic) bond motifs is 1. The van der Waals surface area contributed by atoms with E-state index in [1.165, 1.54) is 7.11 Å². The van der Waals surface area contributed by atoms with Crippen LogP contribution in [0.15, 0.2) is 52.1 Å². The number of nitrogens with zero attached hydrogens (tertiary/aromatic N) is 3. The molecule has 0 unspecified atom stereocenters. The predicted octanol–water partition coefficient (Wildman–Crippen LogP) is 1.05. The molecule has 1 amide bonds. The van der Waals surface area contributed by atoms with Gasteiger partial charge in [0, 0.05) is 44.4 Å². The lowest BCUT2D eigenvalue weighted by atomic mass is 10.1. The number of aromatic nitrogens is 2. The number of piperazine rings is 1. The van der Waals surface area contributed by atoms with Crippen LogP contribution >= 0.6 is 0 Å². The number of benzene rings is 2. The number of amides is 1. The number of rotatable bonds is 7. The molecule has 33 heavy (non-hydrogen) atoms. The number of likely N-dealkylation sites (N-methyl/N-ethyl adjacent to an activating group) is 1. The van der Waals surface area contributed by atoms with Crippen molar-refractivity contribution in [1.82, 2.24) is 24.7 Å². The van der Waals surface area contributed by atoms with Crippen LogP contribution in [0.1, 0.15) is 16.8 Å². The van der Waals surface area contributed by atoms with Gasteiger partial charge in [-0.15, -0.1) is 0 Å². The van der Waals surface area contributed by atoms with E-state index in [-0.39, 0.29) is 5.91 Å². The zero-order chi connectivity index (χ0) is 23.4. The molecule has 1 aromatic heterocycles. The molecule has 0 radical (unpaired) electrons. The fourth-order valence-electron chi connectivity index (χ4n) is 4.02. The van der Waals surface area contributed by atoms with Crippen molar-refractivity contribution in [2.45, 2.75) is 6.42 Å². The summed E-state index contributed by atoms with van der Waals surface area (Å²) in [5.41, 5.74) is 0.0989. The molecule has 1 aliphatic heterocycles. The van der Waals surface area contributed by atoms with Gasteiger partial charge in [-0.2, -0.15) is 0 Å². The fourth-order valence-corrected chi connectivity index (χ4v) is 4.02. The van der Waals surface area contributed by atoms with Crippen LogP contribution in [0.4, 0.5) is 0 Å². The van der Waals surface area contributed by atoms with Gasteiger partial charge in [-0.05, 0) is 50.3 Å². The van der Waals surface area contributed by atoms with Gasteiger partial charge in [0.1, 0.15) is 5.75 Å². The Bertz CT molecular complexity index is 1260. The van der Waals surface area contributed by atoms with Crippen LogP contribution < -0.4 is 21.3 Å². The van der Waals surface area contributed by atoms with E-state index in [4.69, 9.17) is 4.74 Å². The number of aromatic amines is 1. The van der Waals surface area contributed by atoms with E-state index in [9.17, 15) is 14.4 Å². The normalized spacial score (nSPS) is 15.0. The lowest BCUT2D eigenvalue weighted by Crippen LogP contribution is -2.45. The summed E-state index contributed by atoms with van der Waals surface area (Å²) in [6.45, 7) is 5.76. The minimum Gasteiger partial charge on any atom is -0.497 e. The van der Waals surface area contributed by atoms with Crippen molar-refractivity contribution in [3.05, 3.63) is 68.9 Å².